The average molecular weight is 225 g/mol. The van der Waals surface area contributed by atoms with E-state index in [9.17, 15) is 4.79 Å². The topological polar surface area (TPSA) is 84.3 Å². The zero-order valence-corrected chi connectivity index (χ0v) is 9.30. The minimum atomic E-state index is -0.931. The lowest BCUT2D eigenvalue weighted by atomic mass is 10.2. The van der Waals surface area contributed by atoms with Crippen LogP contribution in [-0.2, 0) is 9.53 Å². The zero-order chi connectivity index (χ0) is 12.0. The maximum atomic E-state index is 10.9. The van der Waals surface area contributed by atoms with Crippen LogP contribution in [0.3, 0.4) is 0 Å². The Bertz CT molecular complexity index is 340. The van der Waals surface area contributed by atoms with E-state index in [0.29, 0.717) is 18.8 Å². The van der Waals surface area contributed by atoms with Crippen molar-refractivity contribution in [2.75, 3.05) is 19.0 Å². The van der Waals surface area contributed by atoms with Gasteiger partial charge in [-0.25, -0.2) is 4.79 Å². The van der Waals surface area contributed by atoms with E-state index in [0.717, 1.165) is 5.69 Å². The van der Waals surface area contributed by atoms with E-state index in [2.05, 4.69) is 15.5 Å². The number of aliphatic carboxylic acids is 1. The average Bonchev–Trinajstić information content (AvgIpc) is 2.26. The number of carboxylic acids is 1. The number of rotatable bonds is 6. The lowest BCUT2D eigenvalue weighted by molar-refractivity contribution is -0.138. The molecule has 6 heteroatoms. The van der Waals surface area contributed by atoms with Gasteiger partial charge in [-0.05, 0) is 19.1 Å². The highest BCUT2D eigenvalue weighted by atomic mass is 16.5. The van der Waals surface area contributed by atoms with E-state index in [1.807, 2.05) is 6.92 Å². The molecule has 0 aliphatic heterocycles. The maximum Gasteiger partial charge on any atom is 0.326 e. The van der Waals surface area contributed by atoms with Crippen LogP contribution in [0.5, 0.6) is 0 Å². The summed E-state index contributed by atoms with van der Waals surface area (Å²) in [5.41, 5.74) is 0.786. The van der Waals surface area contributed by atoms with Crippen molar-refractivity contribution < 1.29 is 14.6 Å². The Hall–Kier alpha value is -1.69. The largest absolute Gasteiger partial charge is 0.480 e. The molecule has 0 radical (unpaired) electrons. The van der Waals surface area contributed by atoms with Crippen LogP contribution in [0.25, 0.3) is 0 Å². The fourth-order valence-electron chi connectivity index (χ4n) is 1.15. The smallest absolute Gasteiger partial charge is 0.326 e. The summed E-state index contributed by atoms with van der Waals surface area (Å²) < 4.78 is 4.84. The van der Waals surface area contributed by atoms with Crippen LogP contribution in [0.2, 0.25) is 0 Å². The number of hydrogen-bond acceptors (Lipinski definition) is 5. The molecule has 1 heterocycles. The molecule has 1 rings (SSSR count). The van der Waals surface area contributed by atoms with E-state index < -0.39 is 12.0 Å². The highest BCUT2D eigenvalue weighted by Gasteiger charge is 2.17. The van der Waals surface area contributed by atoms with Gasteiger partial charge in [0.2, 0.25) is 0 Å². The first kappa shape index (κ1) is 12.4. The summed E-state index contributed by atoms with van der Waals surface area (Å²) in [6.45, 7) is 2.19. The van der Waals surface area contributed by atoms with Gasteiger partial charge in [0.25, 0.3) is 0 Å². The first-order valence-corrected chi connectivity index (χ1v) is 4.92. The summed E-state index contributed by atoms with van der Waals surface area (Å²) in [5.74, 6) is -0.478. The molecular formula is C10H15N3O3. The van der Waals surface area contributed by atoms with E-state index >= 15 is 0 Å². The predicted octanol–water partition coefficient (Wildman–Crippen LogP) is 0.687. The van der Waals surface area contributed by atoms with Crippen LogP contribution >= 0.6 is 0 Å². The quantitative estimate of drug-likeness (QED) is 0.740. The fraction of sp³-hybridized carbons (Fsp3) is 0.500. The fourth-order valence-corrected chi connectivity index (χ4v) is 1.15. The van der Waals surface area contributed by atoms with Gasteiger partial charge in [0, 0.05) is 20.1 Å². The predicted molar refractivity (Wildman–Crippen MR) is 58.3 cm³/mol. The number of aromatic nitrogens is 2. The van der Waals surface area contributed by atoms with Crippen molar-refractivity contribution >= 4 is 11.8 Å². The highest BCUT2D eigenvalue weighted by molar-refractivity contribution is 5.76. The van der Waals surface area contributed by atoms with E-state index in [1.165, 1.54) is 7.11 Å². The van der Waals surface area contributed by atoms with Gasteiger partial charge in [-0.3, -0.25) is 0 Å². The molecule has 0 spiro atoms. The van der Waals surface area contributed by atoms with Crippen LogP contribution < -0.4 is 5.32 Å². The summed E-state index contributed by atoms with van der Waals surface area (Å²) in [7, 11) is 1.53. The molecule has 0 aromatic carbocycles. The number of hydrogen-bond donors (Lipinski definition) is 2. The highest BCUT2D eigenvalue weighted by Crippen LogP contribution is 2.06. The third-order valence-corrected chi connectivity index (χ3v) is 2.03. The van der Waals surface area contributed by atoms with Crippen LogP contribution in [0, 0.1) is 6.92 Å². The molecule has 1 atom stereocenters. The van der Waals surface area contributed by atoms with Gasteiger partial charge >= 0.3 is 5.97 Å². The van der Waals surface area contributed by atoms with Gasteiger partial charge < -0.3 is 15.2 Å². The number of anilines is 1. The number of methoxy groups -OCH3 is 1. The molecule has 88 valence electrons. The minimum Gasteiger partial charge on any atom is -0.480 e. The van der Waals surface area contributed by atoms with Crippen molar-refractivity contribution in [1.82, 2.24) is 10.2 Å². The Labute approximate surface area is 93.6 Å². The summed E-state index contributed by atoms with van der Waals surface area (Å²) in [5, 5.41) is 19.4. The molecule has 1 aromatic rings. The van der Waals surface area contributed by atoms with E-state index in [1.54, 1.807) is 12.1 Å². The molecule has 0 fully saturated rings. The molecule has 0 bridgehead atoms. The van der Waals surface area contributed by atoms with Crippen LogP contribution in [0.4, 0.5) is 5.82 Å². The second-order valence-electron chi connectivity index (χ2n) is 3.38. The molecule has 1 aromatic heterocycles. The van der Waals surface area contributed by atoms with Gasteiger partial charge in [-0.1, -0.05) is 0 Å². The SMILES string of the molecule is COCCC(Nc1ccc(C)nn1)C(=O)O. The van der Waals surface area contributed by atoms with Crippen molar-refractivity contribution in [2.24, 2.45) is 0 Å². The van der Waals surface area contributed by atoms with Crippen LogP contribution in [0.15, 0.2) is 12.1 Å². The van der Waals surface area contributed by atoms with Crippen LogP contribution in [0.1, 0.15) is 12.1 Å². The Balaban J connectivity index is 2.60. The summed E-state index contributed by atoms with van der Waals surface area (Å²) in [6.07, 6.45) is 0.376. The molecule has 1 unspecified atom stereocenters. The second-order valence-corrected chi connectivity index (χ2v) is 3.38. The number of nitrogens with zero attached hydrogens (tertiary/aromatic N) is 2. The monoisotopic (exact) mass is 225 g/mol. The van der Waals surface area contributed by atoms with Gasteiger partial charge in [-0.2, -0.15) is 5.10 Å². The molecule has 0 saturated heterocycles. The standard InChI is InChI=1S/C10H15N3O3/c1-7-3-4-9(13-12-7)11-8(10(14)15)5-6-16-2/h3-4,8H,5-6H2,1-2H3,(H,11,13)(H,14,15). The minimum absolute atomic E-state index is 0.376. The van der Waals surface area contributed by atoms with Crippen molar-refractivity contribution in [3.8, 4) is 0 Å². The van der Waals surface area contributed by atoms with Crippen molar-refractivity contribution in [2.45, 2.75) is 19.4 Å². The Morgan fingerprint density at radius 1 is 1.56 bits per heavy atom. The second kappa shape index (κ2) is 6.02. The third kappa shape index (κ3) is 3.82. The maximum absolute atomic E-state index is 10.9. The Morgan fingerprint density at radius 3 is 2.81 bits per heavy atom. The normalized spacial score (nSPS) is 12.1. The number of aryl methyl sites for hydroxylation is 1. The first-order valence-electron chi connectivity index (χ1n) is 4.92. The Morgan fingerprint density at radius 2 is 2.31 bits per heavy atom. The third-order valence-electron chi connectivity index (χ3n) is 2.03. The van der Waals surface area contributed by atoms with Gasteiger partial charge in [0.05, 0.1) is 5.69 Å². The van der Waals surface area contributed by atoms with Crippen molar-refractivity contribution in [3.05, 3.63) is 17.8 Å². The molecule has 0 aliphatic carbocycles. The van der Waals surface area contributed by atoms with Gasteiger partial charge in [0.15, 0.2) is 0 Å². The first-order chi connectivity index (χ1) is 7.63. The summed E-state index contributed by atoms with van der Waals surface area (Å²) in [4.78, 5) is 10.9. The number of carbonyl (C=O) groups is 1. The van der Waals surface area contributed by atoms with Gasteiger partial charge in [-0.15, -0.1) is 5.10 Å². The summed E-state index contributed by atoms with van der Waals surface area (Å²) >= 11 is 0. The van der Waals surface area contributed by atoms with Gasteiger partial charge in [0.1, 0.15) is 11.9 Å². The molecule has 0 saturated carbocycles. The van der Waals surface area contributed by atoms with Crippen molar-refractivity contribution in [3.63, 3.8) is 0 Å². The molecule has 2 N–H and O–H groups in total. The molecular weight excluding hydrogens is 210 g/mol. The zero-order valence-electron chi connectivity index (χ0n) is 9.30. The van der Waals surface area contributed by atoms with E-state index in [-0.39, 0.29) is 0 Å². The Kier molecular flexibility index (Phi) is 4.65. The molecule has 0 amide bonds. The molecule has 6 nitrogen and oxygen atoms in total. The molecule has 0 aliphatic rings. The molecule has 16 heavy (non-hydrogen) atoms. The lowest BCUT2D eigenvalue weighted by Crippen LogP contribution is -2.31. The van der Waals surface area contributed by atoms with E-state index in [4.69, 9.17) is 9.84 Å². The lowest BCUT2D eigenvalue weighted by Gasteiger charge is -2.13. The van der Waals surface area contributed by atoms with Crippen molar-refractivity contribution in [1.29, 1.82) is 0 Å². The summed E-state index contributed by atoms with van der Waals surface area (Å²) in [6, 6.07) is 2.76. The number of carboxylic acid groups (broad SMARTS) is 1. The number of nitrogens with one attached hydrogen (secondary N) is 1. The van der Waals surface area contributed by atoms with Crippen LogP contribution in [-0.4, -0.2) is 41.0 Å². The number of ether oxygens (including phenoxy) is 1.